The Morgan fingerprint density at radius 2 is 2.25 bits per heavy atom. The van der Waals surface area contributed by atoms with Crippen molar-refractivity contribution in [2.24, 2.45) is 0 Å². The molecule has 1 aliphatic rings. The largest absolute Gasteiger partial charge is 0.307 e. The Hall–Kier alpha value is -0.590. The molecular formula is C14H20FNO2S2. The molecule has 1 aromatic carbocycles. The molecule has 0 saturated carbocycles. The van der Waals surface area contributed by atoms with E-state index in [1.54, 1.807) is 0 Å². The molecule has 0 spiro atoms. The number of halogens is 1. The fraction of sp³-hybridized carbons (Fsp3) is 0.571. The Bertz CT molecular complexity index is 575. The number of hydrogen-bond donors (Lipinski definition) is 1. The second kappa shape index (κ2) is 6.45. The van der Waals surface area contributed by atoms with Crippen molar-refractivity contribution >= 4 is 21.6 Å². The molecule has 1 aromatic rings. The number of fused-ring (bicyclic) bond motifs is 1. The van der Waals surface area contributed by atoms with Gasteiger partial charge in [0.15, 0.2) is 9.84 Å². The van der Waals surface area contributed by atoms with Gasteiger partial charge in [0.2, 0.25) is 0 Å². The normalized spacial score (nSPS) is 22.2. The molecule has 112 valence electrons. The Balaban J connectivity index is 2.23. The minimum Gasteiger partial charge on any atom is -0.307 e. The van der Waals surface area contributed by atoms with Gasteiger partial charge in [0.1, 0.15) is 5.82 Å². The molecule has 2 rings (SSSR count). The number of nitrogens with one attached hydrogen (secondary N) is 1. The minimum absolute atomic E-state index is 0.0864. The zero-order valence-corrected chi connectivity index (χ0v) is 13.4. The van der Waals surface area contributed by atoms with Gasteiger partial charge < -0.3 is 5.32 Å². The van der Waals surface area contributed by atoms with Crippen LogP contribution in [0.5, 0.6) is 0 Å². The fourth-order valence-corrected chi connectivity index (χ4v) is 4.76. The van der Waals surface area contributed by atoms with Crippen molar-refractivity contribution in [2.75, 3.05) is 17.3 Å². The summed E-state index contributed by atoms with van der Waals surface area (Å²) in [5, 5.41) is 3.42. The van der Waals surface area contributed by atoms with Crippen LogP contribution in [0.2, 0.25) is 0 Å². The van der Waals surface area contributed by atoms with Gasteiger partial charge in [0, 0.05) is 17.8 Å². The summed E-state index contributed by atoms with van der Waals surface area (Å²) in [6.45, 7) is 4.18. The lowest BCUT2D eigenvalue weighted by Gasteiger charge is -2.29. The summed E-state index contributed by atoms with van der Waals surface area (Å²) in [7, 11) is -3.26. The third-order valence-electron chi connectivity index (χ3n) is 3.42. The van der Waals surface area contributed by atoms with Gasteiger partial charge in [0.25, 0.3) is 0 Å². The van der Waals surface area contributed by atoms with Crippen molar-refractivity contribution in [3.8, 4) is 0 Å². The monoisotopic (exact) mass is 317 g/mol. The van der Waals surface area contributed by atoms with Crippen LogP contribution in [0, 0.1) is 5.82 Å². The molecule has 0 aliphatic carbocycles. The molecule has 1 aliphatic heterocycles. The highest BCUT2D eigenvalue weighted by Crippen LogP contribution is 2.33. The van der Waals surface area contributed by atoms with E-state index >= 15 is 0 Å². The molecule has 2 atom stereocenters. The molecule has 1 heterocycles. The third kappa shape index (κ3) is 3.54. The van der Waals surface area contributed by atoms with E-state index in [4.69, 9.17) is 0 Å². The molecule has 6 heteroatoms. The summed E-state index contributed by atoms with van der Waals surface area (Å²) in [6, 6.07) is 4.14. The van der Waals surface area contributed by atoms with Crippen LogP contribution in [0.15, 0.2) is 23.1 Å². The first-order valence-corrected chi connectivity index (χ1v) is 9.60. The van der Waals surface area contributed by atoms with Crippen molar-refractivity contribution in [2.45, 2.75) is 37.2 Å². The maximum absolute atomic E-state index is 13.4. The van der Waals surface area contributed by atoms with Gasteiger partial charge in [-0.2, -0.15) is 11.8 Å². The van der Waals surface area contributed by atoms with Gasteiger partial charge in [-0.15, -0.1) is 0 Å². The van der Waals surface area contributed by atoms with Gasteiger partial charge in [-0.05, 0) is 42.9 Å². The van der Waals surface area contributed by atoms with E-state index in [2.05, 4.69) is 19.2 Å². The van der Waals surface area contributed by atoms with Crippen molar-refractivity contribution in [1.82, 2.24) is 5.32 Å². The summed E-state index contributed by atoms with van der Waals surface area (Å²) >= 11 is 1.83. The summed E-state index contributed by atoms with van der Waals surface area (Å²) in [5.74, 6) is 1.75. The quantitative estimate of drug-likeness (QED) is 0.848. The van der Waals surface area contributed by atoms with E-state index < -0.39 is 9.84 Å². The number of benzene rings is 1. The summed E-state index contributed by atoms with van der Waals surface area (Å²) in [5.41, 5.74) is 0.574. The highest BCUT2D eigenvalue weighted by atomic mass is 32.2. The van der Waals surface area contributed by atoms with Crippen molar-refractivity contribution < 1.29 is 12.8 Å². The highest BCUT2D eigenvalue weighted by molar-refractivity contribution is 7.99. The zero-order chi connectivity index (χ0) is 14.8. The molecule has 0 saturated heterocycles. The van der Waals surface area contributed by atoms with E-state index in [0.29, 0.717) is 12.0 Å². The van der Waals surface area contributed by atoms with Crippen molar-refractivity contribution in [3.63, 3.8) is 0 Å². The van der Waals surface area contributed by atoms with Crippen LogP contribution in [0.1, 0.15) is 31.9 Å². The Morgan fingerprint density at radius 3 is 2.95 bits per heavy atom. The number of thioether (sulfide) groups is 1. The molecule has 20 heavy (non-hydrogen) atoms. The van der Waals surface area contributed by atoms with Crippen LogP contribution in [0.3, 0.4) is 0 Å². The lowest BCUT2D eigenvalue weighted by Crippen LogP contribution is -2.36. The lowest BCUT2D eigenvalue weighted by atomic mass is 10.0. The number of sulfone groups is 1. The second-order valence-electron chi connectivity index (χ2n) is 5.07. The molecule has 0 radical (unpaired) electrons. The topological polar surface area (TPSA) is 46.2 Å². The molecule has 2 unspecified atom stereocenters. The third-order valence-corrected chi connectivity index (χ3v) is 6.37. The van der Waals surface area contributed by atoms with Gasteiger partial charge in [0.05, 0.1) is 10.6 Å². The standard InChI is InChI=1S/C14H20FNO2S2/c1-3-19-9-10(2)16-13-6-7-20(17,18)14-5-4-11(15)8-12(13)14/h4-5,8,10,13,16H,3,6-7,9H2,1-2H3. The molecular weight excluding hydrogens is 297 g/mol. The van der Waals surface area contributed by atoms with Gasteiger partial charge in [-0.1, -0.05) is 6.92 Å². The van der Waals surface area contributed by atoms with Crippen LogP contribution in [-0.2, 0) is 9.84 Å². The van der Waals surface area contributed by atoms with Crippen LogP contribution in [0.25, 0.3) is 0 Å². The maximum atomic E-state index is 13.4. The van der Waals surface area contributed by atoms with E-state index in [1.807, 2.05) is 11.8 Å². The summed E-state index contributed by atoms with van der Waals surface area (Å²) in [4.78, 5) is 0.276. The van der Waals surface area contributed by atoms with Crippen LogP contribution in [-0.4, -0.2) is 31.7 Å². The van der Waals surface area contributed by atoms with Crippen LogP contribution in [0.4, 0.5) is 4.39 Å². The maximum Gasteiger partial charge on any atom is 0.178 e. The first-order chi connectivity index (χ1) is 9.44. The smallest absolute Gasteiger partial charge is 0.178 e. The van der Waals surface area contributed by atoms with E-state index in [1.165, 1.54) is 18.2 Å². The van der Waals surface area contributed by atoms with Crippen LogP contribution >= 0.6 is 11.8 Å². The van der Waals surface area contributed by atoms with Crippen molar-refractivity contribution in [3.05, 3.63) is 29.6 Å². The van der Waals surface area contributed by atoms with E-state index in [9.17, 15) is 12.8 Å². The van der Waals surface area contributed by atoms with E-state index in [0.717, 1.165) is 11.5 Å². The van der Waals surface area contributed by atoms with Gasteiger partial charge in [-0.25, -0.2) is 12.8 Å². The number of hydrogen-bond acceptors (Lipinski definition) is 4. The second-order valence-corrected chi connectivity index (χ2v) is 8.47. The SMILES string of the molecule is CCSCC(C)NC1CCS(=O)(=O)c2ccc(F)cc21. The predicted octanol–water partition coefficient (Wildman–Crippen LogP) is 2.78. The molecule has 0 amide bonds. The first kappa shape index (κ1) is 15.8. The van der Waals surface area contributed by atoms with Gasteiger partial charge >= 0.3 is 0 Å². The van der Waals surface area contributed by atoms with Crippen molar-refractivity contribution in [1.29, 1.82) is 0 Å². The Kier molecular flexibility index (Phi) is 5.09. The minimum atomic E-state index is -3.26. The van der Waals surface area contributed by atoms with Crippen LogP contribution < -0.4 is 5.32 Å². The molecule has 3 nitrogen and oxygen atoms in total. The molecule has 0 bridgehead atoms. The summed E-state index contributed by atoms with van der Waals surface area (Å²) in [6.07, 6.45) is 0.500. The Labute approximate surface area is 124 Å². The van der Waals surface area contributed by atoms with Gasteiger partial charge in [-0.3, -0.25) is 0 Å². The average Bonchev–Trinajstić information content (AvgIpc) is 2.39. The molecule has 1 N–H and O–H groups in total. The predicted molar refractivity (Wildman–Crippen MR) is 81.4 cm³/mol. The first-order valence-electron chi connectivity index (χ1n) is 6.80. The molecule has 0 fully saturated rings. The summed E-state index contributed by atoms with van der Waals surface area (Å²) < 4.78 is 37.5. The molecule has 0 aromatic heterocycles. The fourth-order valence-electron chi connectivity index (χ4n) is 2.47. The van der Waals surface area contributed by atoms with E-state index in [-0.39, 0.29) is 28.5 Å². The lowest BCUT2D eigenvalue weighted by molar-refractivity contribution is 0.450. The average molecular weight is 317 g/mol. The number of rotatable bonds is 5. The zero-order valence-electron chi connectivity index (χ0n) is 11.7. The Morgan fingerprint density at radius 1 is 1.50 bits per heavy atom. The highest BCUT2D eigenvalue weighted by Gasteiger charge is 2.31.